The van der Waals surface area contributed by atoms with Crippen LogP contribution in [0.25, 0.3) is 0 Å². The lowest BCUT2D eigenvalue weighted by atomic mass is 10.5. The Kier molecular flexibility index (Phi) is 3.18. The lowest BCUT2D eigenvalue weighted by Gasteiger charge is -2.00. The molecule has 0 aliphatic carbocycles. The highest BCUT2D eigenvalue weighted by atomic mass is 16.5. The van der Waals surface area contributed by atoms with Gasteiger partial charge in [-0.1, -0.05) is 6.58 Å². The zero-order chi connectivity index (χ0) is 7.28. The first kappa shape index (κ1) is 7.73. The van der Waals surface area contributed by atoms with E-state index < -0.39 is 0 Å². The first-order valence-corrected chi connectivity index (χ1v) is 2.26. The van der Waals surface area contributed by atoms with E-state index in [0.29, 0.717) is 0 Å². The third-order valence-corrected chi connectivity index (χ3v) is 0.569. The molecular formula is C6H7NO2. The zero-order valence-electron chi connectivity index (χ0n) is 4.92. The molecule has 3 nitrogen and oxygen atoms in total. The fraction of sp³-hybridized carbons (Fsp3) is 0.167. The highest BCUT2D eigenvalue weighted by Crippen LogP contribution is 1.98. The summed E-state index contributed by atoms with van der Waals surface area (Å²) in [6.07, 6.45) is 0. The maximum absolute atomic E-state index is 8.30. The summed E-state index contributed by atoms with van der Waals surface area (Å²) >= 11 is 0. The van der Waals surface area contributed by atoms with E-state index in [2.05, 4.69) is 17.9 Å². The topological polar surface area (TPSA) is 53.2 Å². The van der Waals surface area contributed by atoms with Crippen LogP contribution in [0.4, 0.5) is 0 Å². The largest absolute Gasteiger partial charge is 0.449 e. The van der Waals surface area contributed by atoms with Gasteiger partial charge in [0.05, 0.1) is 0 Å². The molecule has 48 valence electrons. The van der Waals surface area contributed by atoms with Crippen LogP contribution in [-0.2, 0) is 4.74 Å². The van der Waals surface area contributed by atoms with Gasteiger partial charge in [0.15, 0.2) is 5.76 Å². The standard InChI is InChI=1S/C6H7NO2/c1-5(3-7)9-6(2)4-8/h8H,1-2,4H2. The molecule has 0 unspecified atom stereocenters. The Bertz CT molecular complexity index is 166. The summed E-state index contributed by atoms with van der Waals surface area (Å²) in [5.41, 5.74) is 0. The van der Waals surface area contributed by atoms with Crippen LogP contribution in [0.15, 0.2) is 24.7 Å². The molecule has 0 rings (SSSR count). The quantitative estimate of drug-likeness (QED) is 0.442. The molecular weight excluding hydrogens is 118 g/mol. The Labute approximate surface area is 53.5 Å². The Balaban J connectivity index is 3.64. The molecule has 1 N–H and O–H groups in total. The van der Waals surface area contributed by atoms with E-state index in [1.807, 2.05) is 0 Å². The highest BCUT2D eigenvalue weighted by Gasteiger charge is 1.93. The van der Waals surface area contributed by atoms with E-state index >= 15 is 0 Å². The summed E-state index contributed by atoms with van der Waals surface area (Å²) in [4.78, 5) is 0. The molecule has 0 saturated heterocycles. The van der Waals surface area contributed by atoms with Crippen molar-refractivity contribution in [3.63, 3.8) is 0 Å². The van der Waals surface area contributed by atoms with Gasteiger partial charge in [-0.05, 0) is 6.58 Å². The van der Waals surface area contributed by atoms with E-state index in [1.54, 1.807) is 6.07 Å². The van der Waals surface area contributed by atoms with Gasteiger partial charge in [-0.3, -0.25) is 0 Å². The third-order valence-electron chi connectivity index (χ3n) is 0.569. The Hall–Kier alpha value is -1.27. The minimum absolute atomic E-state index is 0.0611. The Morgan fingerprint density at radius 3 is 2.56 bits per heavy atom. The van der Waals surface area contributed by atoms with Crippen LogP contribution in [0.3, 0.4) is 0 Å². The van der Waals surface area contributed by atoms with Crippen LogP contribution in [0.1, 0.15) is 0 Å². The second-order valence-electron chi connectivity index (χ2n) is 1.33. The second kappa shape index (κ2) is 3.70. The number of aliphatic hydroxyl groups excluding tert-OH is 1. The highest BCUT2D eigenvalue weighted by molar-refractivity contribution is 5.10. The predicted molar refractivity (Wildman–Crippen MR) is 32.1 cm³/mol. The Morgan fingerprint density at radius 1 is 1.67 bits per heavy atom. The molecule has 0 aromatic rings. The van der Waals surface area contributed by atoms with Gasteiger partial charge in [-0.25, -0.2) is 0 Å². The van der Waals surface area contributed by atoms with Crippen molar-refractivity contribution < 1.29 is 9.84 Å². The summed E-state index contributed by atoms with van der Waals surface area (Å²) in [7, 11) is 0. The van der Waals surface area contributed by atoms with E-state index in [4.69, 9.17) is 10.4 Å². The number of nitrogens with zero attached hydrogens (tertiary/aromatic N) is 1. The average Bonchev–Trinajstić information content (AvgIpc) is 1.87. The Morgan fingerprint density at radius 2 is 2.22 bits per heavy atom. The second-order valence-corrected chi connectivity index (χ2v) is 1.33. The molecule has 0 amide bonds. The number of nitriles is 1. The number of rotatable bonds is 3. The lowest BCUT2D eigenvalue weighted by Crippen LogP contribution is -1.92. The van der Waals surface area contributed by atoms with Crippen LogP contribution in [0, 0.1) is 11.3 Å². The van der Waals surface area contributed by atoms with E-state index in [9.17, 15) is 0 Å². The minimum atomic E-state index is -0.291. The molecule has 0 aliphatic rings. The maximum Gasteiger partial charge on any atom is 0.196 e. The van der Waals surface area contributed by atoms with Gasteiger partial charge < -0.3 is 9.84 Å². The number of aliphatic hydroxyl groups is 1. The molecule has 3 heteroatoms. The maximum atomic E-state index is 8.30. The molecule has 0 atom stereocenters. The van der Waals surface area contributed by atoms with E-state index in [1.165, 1.54) is 0 Å². The molecule has 0 heterocycles. The van der Waals surface area contributed by atoms with Crippen molar-refractivity contribution in [2.75, 3.05) is 6.61 Å². The molecule has 0 saturated carbocycles. The normalized spacial score (nSPS) is 7.56. The van der Waals surface area contributed by atoms with Gasteiger partial charge in [0.2, 0.25) is 0 Å². The minimum Gasteiger partial charge on any atom is -0.449 e. The van der Waals surface area contributed by atoms with Gasteiger partial charge in [-0.15, -0.1) is 0 Å². The molecule has 0 fully saturated rings. The SMILES string of the molecule is C=C(C#N)OC(=C)CO. The predicted octanol–water partition coefficient (Wildman–Crippen LogP) is 0.546. The van der Waals surface area contributed by atoms with Crippen LogP contribution in [-0.4, -0.2) is 11.7 Å². The molecule has 0 radical (unpaired) electrons. The van der Waals surface area contributed by atoms with Crippen molar-refractivity contribution in [2.45, 2.75) is 0 Å². The molecule has 9 heavy (non-hydrogen) atoms. The van der Waals surface area contributed by atoms with Crippen molar-refractivity contribution in [1.82, 2.24) is 0 Å². The summed E-state index contributed by atoms with van der Waals surface area (Å²) in [6, 6.07) is 1.64. The van der Waals surface area contributed by atoms with Crippen molar-refractivity contribution in [1.29, 1.82) is 5.26 Å². The summed E-state index contributed by atoms with van der Waals surface area (Å²) in [5.74, 6) is 0.0654. The lowest BCUT2D eigenvalue weighted by molar-refractivity contribution is 0.226. The van der Waals surface area contributed by atoms with Crippen LogP contribution >= 0.6 is 0 Å². The number of ether oxygens (including phenoxy) is 1. The average molecular weight is 125 g/mol. The molecule has 0 aromatic heterocycles. The van der Waals surface area contributed by atoms with Crippen LogP contribution in [0.5, 0.6) is 0 Å². The smallest absolute Gasteiger partial charge is 0.196 e. The van der Waals surface area contributed by atoms with Gasteiger partial charge in [0.1, 0.15) is 18.4 Å². The summed E-state index contributed by atoms with van der Waals surface area (Å²) in [6.45, 7) is 6.19. The zero-order valence-corrected chi connectivity index (χ0v) is 4.92. The van der Waals surface area contributed by atoms with E-state index in [-0.39, 0.29) is 18.1 Å². The number of hydrogen-bond donors (Lipinski definition) is 1. The number of allylic oxidation sites excluding steroid dienone is 1. The molecule has 0 aromatic carbocycles. The van der Waals surface area contributed by atoms with Crippen LogP contribution in [0.2, 0.25) is 0 Å². The first-order valence-electron chi connectivity index (χ1n) is 2.26. The van der Waals surface area contributed by atoms with Crippen LogP contribution < -0.4 is 0 Å². The van der Waals surface area contributed by atoms with Gasteiger partial charge in [-0.2, -0.15) is 5.26 Å². The first-order chi connectivity index (χ1) is 4.20. The van der Waals surface area contributed by atoms with Gasteiger partial charge in [0.25, 0.3) is 0 Å². The monoisotopic (exact) mass is 125 g/mol. The summed E-state index contributed by atoms with van der Waals surface area (Å²) in [5, 5.41) is 16.4. The third kappa shape index (κ3) is 3.32. The molecule has 0 bridgehead atoms. The van der Waals surface area contributed by atoms with E-state index in [0.717, 1.165) is 0 Å². The van der Waals surface area contributed by atoms with Gasteiger partial charge in [0, 0.05) is 0 Å². The van der Waals surface area contributed by atoms with Crippen molar-refractivity contribution in [2.24, 2.45) is 0 Å². The summed E-state index contributed by atoms with van der Waals surface area (Å²) < 4.78 is 4.55. The van der Waals surface area contributed by atoms with Crippen molar-refractivity contribution in [3.05, 3.63) is 24.7 Å². The molecule has 0 spiro atoms. The van der Waals surface area contributed by atoms with Crippen molar-refractivity contribution in [3.8, 4) is 6.07 Å². The number of hydrogen-bond acceptors (Lipinski definition) is 3. The van der Waals surface area contributed by atoms with Gasteiger partial charge >= 0.3 is 0 Å². The molecule has 0 aliphatic heterocycles. The van der Waals surface area contributed by atoms with Crippen molar-refractivity contribution >= 4 is 0 Å². The fourth-order valence-electron chi connectivity index (χ4n) is 0.229. The fourth-order valence-corrected chi connectivity index (χ4v) is 0.229.